The Kier molecular flexibility index (Phi) is 3.04. The van der Waals surface area contributed by atoms with Gasteiger partial charge in [-0.05, 0) is 29.9 Å². The first-order valence-corrected chi connectivity index (χ1v) is 5.90. The molecule has 0 aliphatic heterocycles. The largest absolute Gasteiger partial charge is 0.496 e. The van der Waals surface area contributed by atoms with Gasteiger partial charge in [0, 0.05) is 0 Å². The predicted octanol–water partition coefficient (Wildman–Crippen LogP) is 2.78. The van der Waals surface area contributed by atoms with Gasteiger partial charge >= 0.3 is 0 Å². The lowest BCUT2D eigenvalue weighted by Gasteiger charge is -2.19. The van der Waals surface area contributed by atoms with E-state index in [0.29, 0.717) is 11.5 Å². The standard InChI is InChI=1S/C14H20O3/c1-14(2)8-9(14)13(15)12-10(16-3)6-5-7-11(12)17-4/h5-7,9,13,15H,8H2,1-4H3. The SMILES string of the molecule is COc1cccc(OC)c1C(O)C1CC1(C)C. The number of methoxy groups -OCH3 is 2. The summed E-state index contributed by atoms with van der Waals surface area (Å²) in [7, 11) is 3.23. The van der Waals surface area contributed by atoms with Crippen molar-refractivity contribution in [2.24, 2.45) is 11.3 Å². The summed E-state index contributed by atoms with van der Waals surface area (Å²) in [5, 5.41) is 10.5. The fourth-order valence-electron chi connectivity index (χ4n) is 2.42. The van der Waals surface area contributed by atoms with Crippen LogP contribution >= 0.6 is 0 Å². The highest BCUT2D eigenvalue weighted by Gasteiger charge is 2.51. The quantitative estimate of drug-likeness (QED) is 0.873. The highest BCUT2D eigenvalue weighted by atomic mass is 16.5. The minimum atomic E-state index is -0.518. The topological polar surface area (TPSA) is 38.7 Å². The lowest BCUT2D eigenvalue weighted by molar-refractivity contribution is 0.131. The van der Waals surface area contributed by atoms with Gasteiger partial charge in [0.25, 0.3) is 0 Å². The molecule has 0 saturated heterocycles. The van der Waals surface area contributed by atoms with E-state index in [2.05, 4.69) is 13.8 Å². The number of aliphatic hydroxyl groups excluding tert-OH is 1. The summed E-state index contributed by atoms with van der Waals surface area (Å²) in [5.74, 6) is 1.67. The minimum Gasteiger partial charge on any atom is -0.496 e. The fourth-order valence-corrected chi connectivity index (χ4v) is 2.42. The second-order valence-electron chi connectivity index (χ2n) is 5.32. The van der Waals surface area contributed by atoms with Crippen molar-refractivity contribution in [3.63, 3.8) is 0 Å². The van der Waals surface area contributed by atoms with Gasteiger partial charge in [0.15, 0.2) is 0 Å². The maximum Gasteiger partial charge on any atom is 0.128 e. The zero-order chi connectivity index (χ0) is 12.6. The molecule has 1 N–H and O–H groups in total. The van der Waals surface area contributed by atoms with Crippen molar-refractivity contribution in [1.82, 2.24) is 0 Å². The smallest absolute Gasteiger partial charge is 0.128 e. The number of hydrogen-bond acceptors (Lipinski definition) is 3. The van der Waals surface area contributed by atoms with Crippen LogP contribution in [0.3, 0.4) is 0 Å². The zero-order valence-electron chi connectivity index (χ0n) is 10.9. The molecule has 1 saturated carbocycles. The number of ether oxygens (including phenoxy) is 2. The first-order valence-electron chi connectivity index (χ1n) is 5.90. The Hall–Kier alpha value is -1.22. The van der Waals surface area contributed by atoms with E-state index in [1.54, 1.807) is 14.2 Å². The van der Waals surface area contributed by atoms with Gasteiger partial charge in [-0.15, -0.1) is 0 Å². The van der Waals surface area contributed by atoms with Crippen LogP contribution in [0.2, 0.25) is 0 Å². The van der Waals surface area contributed by atoms with E-state index >= 15 is 0 Å². The van der Waals surface area contributed by atoms with Gasteiger partial charge in [0.05, 0.1) is 25.9 Å². The molecule has 3 nitrogen and oxygen atoms in total. The zero-order valence-corrected chi connectivity index (χ0v) is 10.9. The Balaban J connectivity index is 2.36. The third-order valence-electron chi connectivity index (χ3n) is 3.73. The number of hydrogen-bond donors (Lipinski definition) is 1. The first-order chi connectivity index (χ1) is 8.01. The van der Waals surface area contributed by atoms with E-state index < -0.39 is 6.10 Å². The monoisotopic (exact) mass is 236 g/mol. The van der Waals surface area contributed by atoms with Gasteiger partial charge in [-0.2, -0.15) is 0 Å². The molecule has 1 aromatic rings. The summed E-state index contributed by atoms with van der Waals surface area (Å²) >= 11 is 0. The van der Waals surface area contributed by atoms with Crippen molar-refractivity contribution in [1.29, 1.82) is 0 Å². The number of rotatable bonds is 4. The minimum absolute atomic E-state index is 0.214. The average Bonchev–Trinajstić information content (AvgIpc) is 2.96. The lowest BCUT2D eigenvalue weighted by Crippen LogP contribution is -2.08. The number of aliphatic hydroxyl groups is 1. The molecule has 0 aromatic heterocycles. The molecule has 1 aliphatic carbocycles. The van der Waals surface area contributed by atoms with Gasteiger partial charge in [0.1, 0.15) is 11.5 Å². The maximum atomic E-state index is 10.5. The van der Waals surface area contributed by atoms with Crippen LogP contribution in [0.25, 0.3) is 0 Å². The Labute approximate surface area is 102 Å². The molecule has 0 bridgehead atoms. The molecule has 0 spiro atoms. The summed E-state index contributed by atoms with van der Waals surface area (Å²) in [6, 6.07) is 5.58. The summed E-state index contributed by atoms with van der Waals surface area (Å²) in [5.41, 5.74) is 0.985. The second-order valence-corrected chi connectivity index (χ2v) is 5.32. The van der Waals surface area contributed by atoms with Gasteiger partial charge < -0.3 is 14.6 Å². The summed E-state index contributed by atoms with van der Waals surface area (Å²) in [6.45, 7) is 4.34. The predicted molar refractivity (Wildman–Crippen MR) is 66.4 cm³/mol. The molecule has 1 fully saturated rings. The van der Waals surface area contributed by atoms with Crippen LogP contribution in [0.4, 0.5) is 0 Å². The Morgan fingerprint density at radius 1 is 1.24 bits per heavy atom. The van der Waals surface area contributed by atoms with Crippen molar-refractivity contribution >= 4 is 0 Å². The second kappa shape index (κ2) is 4.22. The van der Waals surface area contributed by atoms with E-state index in [1.165, 1.54) is 0 Å². The highest BCUT2D eigenvalue weighted by Crippen LogP contribution is 2.59. The molecule has 1 aliphatic rings. The van der Waals surface area contributed by atoms with Gasteiger partial charge in [-0.25, -0.2) is 0 Å². The molecule has 2 unspecified atom stereocenters. The average molecular weight is 236 g/mol. The first kappa shape index (κ1) is 12.2. The van der Waals surface area contributed by atoms with Crippen LogP contribution < -0.4 is 9.47 Å². The van der Waals surface area contributed by atoms with Gasteiger partial charge in [-0.1, -0.05) is 19.9 Å². The molecule has 17 heavy (non-hydrogen) atoms. The third-order valence-corrected chi connectivity index (χ3v) is 3.73. The maximum absolute atomic E-state index is 10.5. The molecule has 0 amide bonds. The Morgan fingerprint density at radius 3 is 2.06 bits per heavy atom. The molecular weight excluding hydrogens is 216 g/mol. The van der Waals surface area contributed by atoms with E-state index in [0.717, 1.165) is 12.0 Å². The fraction of sp³-hybridized carbons (Fsp3) is 0.571. The molecule has 1 aromatic carbocycles. The lowest BCUT2D eigenvalue weighted by atomic mass is 9.98. The van der Waals surface area contributed by atoms with Crippen LogP contribution in [0.15, 0.2) is 18.2 Å². The van der Waals surface area contributed by atoms with Crippen molar-refractivity contribution in [2.45, 2.75) is 26.4 Å². The number of benzene rings is 1. The Bertz CT molecular complexity index is 390. The van der Waals surface area contributed by atoms with Crippen LogP contribution in [-0.4, -0.2) is 19.3 Å². The van der Waals surface area contributed by atoms with Crippen LogP contribution in [-0.2, 0) is 0 Å². The highest BCUT2D eigenvalue weighted by molar-refractivity contribution is 5.47. The third kappa shape index (κ3) is 2.12. The molecule has 2 rings (SSSR count). The van der Waals surface area contributed by atoms with E-state index in [4.69, 9.17) is 9.47 Å². The molecule has 0 radical (unpaired) electrons. The van der Waals surface area contributed by atoms with E-state index in [1.807, 2.05) is 18.2 Å². The van der Waals surface area contributed by atoms with Gasteiger partial charge in [-0.3, -0.25) is 0 Å². The van der Waals surface area contributed by atoms with E-state index in [9.17, 15) is 5.11 Å². The normalized spacial score (nSPS) is 23.0. The van der Waals surface area contributed by atoms with Crippen molar-refractivity contribution < 1.29 is 14.6 Å². The molecule has 94 valence electrons. The summed E-state index contributed by atoms with van der Waals surface area (Å²) < 4.78 is 10.6. The summed E-state index contributed by atoms with van der Waals surface area (Å²) in [6.07, 6.45) is 0.520. The van der Waals surface area contributed by atoms with Crippen molar-refractivity contribution in [2.75, 3.05) is 14.2 Å². The van der Waals surface area contributed by atoms with E-state index in [-0.39, 0.29) is 11.3 Å². The summed E-state index contributed by atoms with van der Waals surface area (Å²) in [4.78, 5) is 0. The van der Waals surface area contributed by atoms with Crippen LogP contribution in [0.1, 0.15) is 31.9 Å². The van der Waals surface area contributed by atoms with Crippen molar-refractivity contribution in [3.8, 4) is 11.5 Å². The molecule has 3 heteroatoms. The van der Waals surface area contributed by atoms with Crippen LogP contribution in [0, 0.1) is 11.3 Å². The van der Waals surface area contributed by atoms with Crippen LogP contribution in [0.5, 0.6) is 11.5 Å². The molecule has 0 heterocycles. The van der Waals surface area contributed by atoms with Crippen molar-refractivity contribution in [3.05, 3.63) is 23.8 Å². The molecule has 2 atom stereocenters. The molecular formula is C14H20O3. The Morgan fingerprint density at radius 2 is 1.71 bits per heavy atom. The van der Waals surface area contributed by atoms with Gasteiger partial charge in [0.2, 0.25) is 0 Å².